The molecule has 2 N–H and O–H groups in total. The summed E-state index contributed by atoms with van der Waals surface area (Å²) in [6.07, 6.45) is 1.67. The molecule has 0 aliphatic rings. The summed E-state index contributed by atoms with van der Waals surface area (Å²) in [5.74, 6) is -1.96. The predicted octanol–water partition coefficient (Wildman–Crippen LogP) is 1.94. The number of aliphatic carboxylic acids is 2. The third-order valence-corrected chi connectivity index (χ3v) is 0.349. The lowest BCUT2D eigenvalue weighted by Gasteiger charge is -1.64. The van der Waals surface area contributed by atoms with Crippen molar-refractivity contribution in [2.24, 2.45) is 0 Å². The van der Waals surface area contributed by atoms with E-state index in [-0.39, 0.29) is 13.5 Å². The second-order valence-corrected chi connectivity index (χ2v) is 1.61. The van der Waals surface area contributed by atoms with E-state index in [4.69, 9.17) is 10.2 Å². The van der Waals surface area contributed by atoms with Crippen LogP contribution in [0.1, 0.15) is 0 Å². The Morgan fingerprint density at radius 2 is 1.14 bits per heavy atom. The van der Waals surface area contributed by atoms with Gasteiger partial charge in [-0.05, 0) is 0 Å². The van der Waals surface area contributed by atoms with Crippen molar-refractivity contribution in [3.63, 3.8) is 0 Å². The number of carbonyl (C=O) groups is 2. The van der Waals surface area contributed by atoms with Crippen LogP contribution in [0.3, 0.4) is 0 Å². The maximum absolute atomic E-state index is 9.25. The molecule has 0 fully saturated rings. The highest BCUT2D eigenvalue weighted by atomic mass is 35.6. The minimum atomic E-state index is -0.981. The van der Waals surface area contributed by atoms with Gasteiger partial charge in [0, 0.05) is 12.2 Å². The summed E-state index contributed by atoms with van der Waals surface area (Å²) in [6.45, 7) is 5.92. The zero-order valence-electron chi connectivity index (χ0n) is 6.94. The maximum atomic E-state index is 9.25. The zero-order valence-corrected chi connectivity index (χ0v) is 9.46. The summed E-state index contributed by atoms with van der Waals surface area (Å²) in [7, 11) is 0. The predicted molar refractivity (Wildman–Crippen MR) is 58.8 cm³/mol. The van der Waals surface area contributed by atoms with Crippen molar-refractivity contribution >= 4 is 49.2 Å². The van der Waals surface area contributed by atoms with Crippen molar-refractivity contribution in [1.82, 2.24) is 0 Å². The number of hydrogen-bond donors (Lipinski definition) is 2. The van der Waals surface area contributed by atoms with E-state index < -0.39 is 11.9 Å². The van der Waals surface area contributed by atoms with Crippen LogP contribution in [-0.4, -0.2) is 22.2 Å². The first-order valence-corrected chi connectivity index (χ1v) is 3.18. The molecule has 0 aromatic rings. The third-order valence-electron chi connectivity index (χ3n) is 0.349. The van der Waals surface area contributed by atoms with Gasteiger partial charge in [-0.3, -0.25) is 0 Å². The topological polar surface area (TPSA) is 83.8 Å². The molecule has 0 atom stereocenters. The summed E-state index contributed by atoms with van der Waals surface area (Å²) in [6, 6.07) is 0. The van der Waals surface area contributed by atoms with Crippen LogP contribution in [0.2, 0.25) is 0 Å². The van der Waals surface area contributed by atoms with Crippen LogP contribution in [0.4, 0.5) is 0 Å². The Labute approximate surface area is 98.4 Å². The highest BCUT2D eigenvalue weighted by Crippen LogP contribution is 1.78. The molecule has 8 heteroatoms. The van der Waals surface area contributed by atoms with Crippen LogP contribution < -0.4 is 0 Å². The molecular weight excluding hydrogens is 255 g/mol. The van der Waals surface area contributed by atoms with Gasteiger partial charge in [0.15, 0.2) is 0 Å². The molecule has 0 bridgehead atoms. The first-order valence-electron chi connectivity index (χ1n) is 2.56. The summed E-state index contributed by atoms with van der Waals surface area (Å²) < 4.78 is 3.19. The average Bonchev–Trinajstić information content (AvgIpc) is 2.07. The van der Waals surface area contributed by atoms with Gasteiger partial charge in [0.1, 0.15) is 0 Å². The fraction of sp³-hybridized carbons (Fsp3) is 0. The van der Waals surface area contributed by atoms with E-state index in [0.29, 0.717) is 0 Å². The Morgan fingerprint density at radius 3 is 1.14 bits per heavy atom. The molecule has 0 heterocycles. The Hall–Kier alpha value is -0.690. The van der Waals surface area contributed by atoms with Crippen LogP contribution in [0.5, 0.6) is 0 Å². The molecule has 5 nitrogen and oxygen atoms in total. The van der Waals surface area contributed by atoms with E-state index in [2.05, 4.69) is 40.7 Å². The zero-order chi connectivity index (χ0) is 11.3. The van der Waals surface area contributed by atoms with Crippen molar-refractivity contribution in [3.05, 3.63) is 25.3 Å². The van der Waals surface area contributed by atoms with Gasteiger partial charge >= 0.3 is 11.9 Å². The molecule has 0 aromatic heterocycles. The normalized spacial score (nSPS) is 5.86. The van der Waals surface area contributed by atoms with Gasteiger partial charge in [-0.25, -0.2) is 9.59 Å². The molecule has 0 radical (unpaired) electrons. The Morgan fingerprint density at radius 1 is 1.07 bits per heavy atom. The number of hydrogen-bond acceptors (Lipinski definition) is 3. The number of rotatable bonds is 2. The van der Waals surface area contributed by atoms with E-state index in [1.54, 1.807) is 0 Å². The molecule has 84 valence electrons. The maximum Gasteiger partial charge on any atom is 0.327 e. The van der Waals surface area contributed by atoms with Gasteiger partial charge in [0.25, 0.3) is 0 Å². The molecule has 0 amide bonds. The van der Waals surface area contributed by atoms with Gasteiger partial charge in [-0.1, -0.05) is 13.2 Å². The van der Waals surface area contributed by atoms with Crippen LogP contribution in [-0.2, 0) is 13.4 Å². The Balaban J connectivity index is -0.0000000535. The molecule has 0 rings (SSSR count). The van der Waals surface area contributed by atoms with Crippen molar-refractivity contribution in [3.8, 4) is 0 Å². The lowest BCUT2D eigenvalue weighted by Crippen LogP contribution is -1.82. The summed E-state index contributed by atoms with van der Waals surface area (Å²) in [4.78, 5) is 18.5. The van der Waals surface area contributed by atoms with Gasteiger partial charge < -0.3 is 10.2 Å². The quantitative estimate of drug-likeness (QED) is 0.745. The number of carboxylic acid groups (broad SMARTS) is 2. The van der Waals surface area contributed by atoms with Crippen LogP contribution in [0, 0.1) is 0 Å². The second-order valence-electron chi connectivity index (χ2n) is 1.14. The van der Waals surface area contributed by atoms with Crippen molar-refractivity contribution in [2.75, 3.05) is 0 Å². The standard InChI is InChI=1S/2C3H4O2.Cl2O.H2S/c2*1-2-3(4)5;1-3-2;/h2*2H,1H2,(H,4,5);;1H2. The average molecular weight is 265 g/mol. The minimum Gasteiger partial charge on any atom is -0.478 e. The molecule has 0 unspecified atom stereocenters. The minimum absolute atomic E-state index is 0. The first-order chi connectivity index (χ1) is 5.95. The molecule has 0 aliphatic heterocycles. The molecule has 0 saturated heterocycles. The Bertz CT molecular complexity index is 156. The van der Waals surface area contributed by atoms with Gasteiger partial charge in [-0.15, -0.1) is 0 Å². The van der Waals surface area contributed by atoms with Gasteiger partial charge in [-0.2, -0.15) is 17.3 Å². The molecule has 0 spiro atoms. The van der Waals surface area contributed by atoms with Crippen LogP contribution >= 0.6 is 37.2 Å². The summed E-state index contributed by atoms with van der Waals surface area (Å²) >= 11 is 8.53. The smallest absolute Gasteiger partial charge is 0.327 e. The van der Waals surface area contributed by atoms with E-state index in [1.807, 2.05) is 0 Å². The largest absolute Gasteiger partial charge is 0.478 e. The fourth-order valence-corrected chi connectivity index (χ4v) is 0. The number of halogens is 2. The molecule has 0 aliphatic carbocycles. The second kappa shape index (κ2) is 22.8. The van der Waals surface area contributed by atoms with E-state index in [1.165, 1.54) is 0 Å². The molecule has 0 saturated carbocycles. The first kappa shape index (κ1) is 23.3. The summed E-state index contributed by atoms with van der Waals surface area (Å²) in [5, 5.41) is 15.2. The van der Waals surface area contributed by atoms with Crippen LogP contribution in [0.15, 0.2) is 25.3 Å². The fourth-order valence-electron chi connectivity index (χ4n) is 0. The molecular formula is C6H10Cl2O5S. The van der Waals surface area contributed by atoms with Gasteiger partial charge in [0.05, 0.1) is 23.7 Å². The third kappa shape index (κ3) is 110. The van der Waals surface area contributed by atoms with Crippen molar-refractivity contribution in [1.29, 1.82) is 0 Å². The SMILES string of the molecule is C=CC(=O)O.C=CC(=O)O.ClOCl.S. The Kier molecular flexibility index (Phi) is 37.9. The highest BCUT2D eigenvalue weighted by molar-refractivity contribution is 7.59. The lowest BCUT2D eigenvalue weighted by atomic mass is 10.7. The highest BCUT2D eigenvalue weighted by Gasteiger charge is 1.73. The van der Waals surface area contributed by atoms with Crippen LogP contribution in [0.25, 0.3) is 0 Å². The van der Waals surface area contributed by atoms with E-state index >= 15 is 0 Å². The molecule has 0 aromatic carbocycles. The van der Waals surface area contributed by atoms with Gasteiger partial charge in [0.2, 0.25) is 0 Å². The lowest BCUT2D eigenvalue weighted by molar-refractivity contribution is -0.132. The van der Waals surface area contributed by atoms with Crippen molar-refractivity contribution in [2.45, 2.75) is 0 Å². The number of carboxylic acids is 2. The monoisotopic (exact) mass is 264 g/mol. The van der Waals surface area contributed by atoms with E-state index in [0.717, 1.165) is 12.2 Å². The summed E-state index contributed by atoms with van der Waals surface area (Å²) in [5.41, 5.74) is 0. The van der Waals surface area contributed by atoms with E-state index in [9.17, 15) is 9.59 Å². The van der Waals surface area contributed by atoms with Crippen molar-refractivity contribution < 1.29 is 23.6 Å². The molecule has 14 heavy (non-hydrogen) atoms.